The molecule has 6 nitrogen and oxygen atoms in total. The summed E-state index contributed by atoms with van der Waals surface area (Å²) < 4.78 is 10.2. The molecule has 150 valence electrons. The number of ether oxygens (including phenoxy) is 2. The van der Waals surface area contributed by atoms with Crippen LogP contribution in [0.5, 0.6) is 5.75 Å². The van der Waals surface area contributed by atoms with E-state index < -0.39 is 0 Å². The minimum absolute atomic E-state index is 0.00898. The lowest BCUT2D eigenvalue weighted by atomic mass is 10.0. The van der Waals surface area contributed by atoms with Crippen molar-refractivity contribution in [1.29, 1.82) is 0 Å². The molecule has 0 saturated carbocycles. The molecule has 2 unspecified atom stereocenters. The van der Waals surface area contributed by atoms with Gasteiger partial charge in [-0.05, 0) is 44.5 Å². The molecule has 0 radical (unpaired) electrons. The van der Waals surface area contributed by atoms with Crippen LogP contribution in [0.4, 0.5) is 0 Å². The Morgan fingerprint density at radius 2 is 1.67 bits per heavy atom. The Labute approximate surface area is 162 Å². The van der Waals surface area contributed by atoms with E-state index in [0.717, 1.165) is 19.6 Å². The predicted molar refractivity (Wildman–Crippen MR) is 105 cm³/mol. The zero-order valence-electron chi connectivity index (χ0n) is 16.9. The third-order valence-electron chi connectivity index (χ3n) is 5.20. The summed E-state index contributed by atoms with van der Waals surface area (Å²) in [4.78, 5) is 29.3. The van der Waals surface area contributed by atoms with E-state index in [2.05, 4.69) is 18.7 Å². The Kier molecular flexibility index (Phi) is 8.25. The largest absolute Gasteiger partial charge is 0.497 e. The van der Waals surface area contributed by atoms with Gasteiger partial charge in [-0.3, -0.25) is 14.5 Å². The summed E-state index contributed by atoms with van der Waals surface area (Å²) >= 11 is 0. The Morgan fingerprint density at radius 1 is 1.04 bits per heavy atom. The van der Waals surface area contributed by atoms with E-state index in [1.807, 2.05) is 4.90 Å². The van der Waals surface area contributed by atoms with Gasteiger partial charge in [0, 0.05) is 63.8 Å². The van der Waals surface area contributed by atoms with Crippen LogP contribution in [0.3, 0.4) is 0 Å². The summed E-state index contributed by atoms with van der Waals surface area (Å²) in [6.45, 7) is 7.48. The average Bonchev–Trinajstić information content (AvgIpc) is 2.67. The zero-order chi connectivity index (χ0) is 19.8. The van der Waals surface area contributed by atoms with Crippen molar-refractivity contribution < 1.29 is 19.1 Å². The molecule has 1 saturated heterocycles. The molecular formula is C21H32N2O4. The van der Waals surface area contributed by atoms with Gasteiger partial charge in [-0.25, -0.2) is 0 Å². The van der Waals surface area contributed by atoms with Crippen LogP contribution in [-0.4, -0.2) is 74.0 Å². The van der Waals surface area contributed by atoms with Crippen LogP contribution < -0.4 is 4.74 Å². The van der Waals surface area contributed by atoms with E-state index in [0.29, 0.717) is 36.5 Å². The van der Waals surface area contributed by atoms with Crippen LogP contribution in [0.15, 0.2) is 24.3 Å². The molecule has 0 spiro atoms. The Bertz CT molecular complexity index is 605. The number of carbonyl (C=O) groups is 2. The summed E-state index contributed by atoms with van der Waals surface area (Å²) in [7, 11) is 3.31. The highest BCUT2D eigenvalue weighted by Crippen LogP contribution is 2.18. The second-order valence-electron chi connectivity index (χ2n) is 7.23. The number of rotatable bonds is 9. The van der Waals surface area contributed by atoms with E-state index in [9.17, 15) is 9.59 Å². The van der Waals surface area contributed by atoms with Crippen molar-refractivity contribution in [3.05, 3.63) is 29.8 Å². The molecule has 6 heteroatoms. The number of piperazine rings is 1. The zero-order valence-corrected chi connectivity index (χ0v) is 16.9. The van der Waals surface area contributed by atoms with Crippen molar-refractivity contribution in [3.8, 4) is 5.75 Å². The fraction of sp³-hybridized carbons (Fsp3) is 0.619. The molecule has 0 aliphatic carbocycles. The Balaban J connectivity index is 1.82. The topological polar surface area (TPSA) is 59.1 Å². The molecule has 1 aliphatic heterocycles. The summed E-state index contributed by atoms with van der Waals surface area (Å²) in [5.74, 6) is 0.770. The SMILES string of the molecule is COCCCN1C(C)CN(C(=O)CCC(=O)c2ccc(OC)cc2)CC1C. The van der Waals surface area contributed by atoms with E-state index >= 15 is 0 Å². The second-order valence-corrected chi connectivity index (χ2v) is 7.23. The first-order valence-electron chi connectivity index (χ1n) is 9.66. The maximum absolute atomic E-state index is 12.6. The molecule has 1 amide bonds. The van der Waals surface area contributed by atoms with Gasteiger partial charge in [0.05, 0.1) is 7.11 Å². The smallest absolute Gasteiger partial charge is 0.223 e. The van der Waals surface area contributed by atoms with E-state index in [4.69, 9.17) is 9.47 Å². The summed E-state index contributed by atoms with van der Waals surface area (Å²) in [6.07, 6.45) is 1.49. The second kappa shape index (κ2) is 10.4. The lowest BCUT2D eigenvalue weighted by molar-refractivity contribution is -0.135. The molecule has 1 aliphatic rings. The number of benzene rings is 1. The summed E-state index contributed by atoms with van der Waals surface area (Å²) in [6, 6.07) is 7.64. The third-order valence-corrected chi connectivity index (χ3v) is 5.20. The number of nitrogens with zero attached hydrogens (tertiary/aromatic N) is 2. The van der Waals surface area contributed by atoms with Crippen molar-refractivity contribution in [2.75, 3.05) is 40.5 Å². The molecule has 1 fully saturated rings. The standard InChI is InChI=1S/C21H32N2O4/c1-16-14-22(15-17(2)23(16)12-5-13-26-3)21(25)11-10-20(24)18-6-8-19(27-4)9-7-18/h6-9,16-17H,5,10-15H2,1-4H3. The fourth-order valence-corrected chi connectivity index (χ4v) is 3.69. The number of carbonyl (C=O) groups excluding carboxylic acids is 2. The molecule has 2 atom stereocenters. The number of hydrogen-bond donors (Lipinski definition) is 0. The number of Topliss-reactive ketones (excluding diaryl/α,β-unsaturated/α-hetero) is 1. The quantitative estimate of drug-likeness (QED) is 0.490. The molecule has 0 aromatic heterocycles. The van der Waals surface area contributed by atoms with Crippen LogP contribution in [-0.2, 0) is 9.53 Å². The van der Waals surface area contributed by atoms with Gasteiger partial charge in [0.2, 0.25) is 5.91 Å². The number of methoxy groups -OCH3 is 2. The fourth-order valence-electron chi connectivity index (χ4n) is 3.69. The lowest BCUT2D eigenvalue weighted by Crippen LogP contribution is -2.58. The van der Waals surface area contributed by atoms with Gasteiger partial charge < -0.3 is 14.4 Å². The first-order valence-corrected chi connectivity index (χ1v) is 9.66. The number of amides is 1. The Hall–Kier alpha value is -1.92. The maximum Gasteiger partial charge on any atom is 0.223 e. The van der Waals surface area contributed by atoms with Crippen LogP contribution in [0.2, 0.25) is 0 Å². The molecular weight excluding hydrogens is 344 g/mol. The Morgan fingerprint density at radius 3 is 2.22 bits per heavy atom. The van der Waals surface area contributed by atoms with Gasteiger partial charge in [-0.2, -0.15) is 0 Å². The lowest BCUT2D eigenvalue weighted by Gasteiger charge is -2.44. The van der Waals surface area contributed by atoms with Crippen molar-refractivity contribution in [3.63, 3.8) is 0 Å². The monoisotopic (exact) mass is 376 g/mol. The van der Waals surface area contributed by atoms with Gasteiger partial charge in [0.25, 0.3) is 0 Å². The normalized spacial score (nSPS) is 20.5. The number of ketones is 1. The summed E-state index contributed by atoms with van der Waals surface area (Å²) in [5, 5.41) is 0. The minimum atomic E-state index is -0.00898. The van der Waals surface area contributed by atoms with E-state index in [-0.39, 0.29) is 24.5 Å². The van der Waals surface area contributed by atoms with Crippen molar-refractivity contribution in [1.82, 2.24) is 9.80 Å². The summed E-state index contributed by atoms with van der Waals surface area (Å²) in [5.41, 5.74) is 0.619. The van der Waals surface area contributed by atoms with Crippen LogP contribution in [0.25, 0.3) is 0 Å². The molecule has 1 aromatic rings. The molecule has 1 aromatic carbocycles. The third kappa shape index (κ3) is 6.04. The van der Waals surface area contributed by atoms with Crippen molar-refractivity contribution >= 4 is 11.7 Å². The first kappa shape index (κ1) is 21.4. The highest BCUT2D eigenvalue weighted by Gasteiger charge is 2.31. The van der Waals surface area contributed by atoms with Gasteiger partial charge in [0.15, 0.2) is 5.78 Å². The van der Waals surface area contributed by atoms with Crippen molar-refractivity contribution in [2.24, 2.45) is 0 Å². The highest BCUT2D eigenvalue weighted by atomic mass is 16.5. The number of hydrogen-bond acceptors (Lipinski definition) is 5. The van der Waals surface area contributed by atoms with Crippen LogP contribution in [0.1, 0.15) is 43.5 Å². The van der Waals surface area contributed by atoms with Gasteiger partial charge in [-0.15, -0.1) is 0 Å². The van der Waals surface area contributed by atoms with Gasteiger partial charge in [-0.1, -0.05) is 0 Å². The van der Waals surface area contributed by atoms with Gasteiger partial charge in [0.1, 0.15) is 5.75 Å². The minimum Gasteiger partial charge on any atom is -0.497 e. The predicted octanol–water partition coefficient (Wildman–Crippen LogP) is 2.62. The van der Waals surface area contributed by atoms with E-state index in [1.165, 1.54) is 0 Å². The maximum atomic E-state index is 12.6. The molecule has 1 heterocycles. The highest BCUT2D eigenvalue weighted by molar-refractivity contribution is 5.98. The average molecular weight is 376 g/mol. The first-order chi connectivity index (χ1) is 13.0. The molecule has 0 N–H and O–H groups in total. The van der Waals surface area contributed by atoms with Crippen LogP contribution >= 0.6 is 0 Å². The van der Waals surface area contributed by atoms with Gasteiger partial charge >= 0.3 is 0 Å². The van der Waals surface area contributed by atoms with E-state index in [1.54, 1.807) is 38.5 Å². The molecule has 2 rings (SSSR count). The van der Waals surface area contributed by atoms with Crippen molar-refractivity contribution in [2.45, 2.75) is 45.2 Å². The van der Waals surface area contributed by atoms with Crippen LogP contribution in [0, 0.1) is 0 Å². The molecule has 0 bridgehead atoms. The molecule has 27 heavy (non-hydrogen) atoms.